The molecule has 1 atom stereocenters. The number of Topliss-reactive ketones (excluding diaryl/α,β-unsaturated/α-hetero) is 1. The fraction of sp³-hybridized carbons (Fsp3) is 0.214. The Labute approximate surface area is 222 Å². The van der Waals surface area contributed by atoms with Gasteiger partial charge in [-0.15, -0.1) is 0 Å². The van der Waals surface area contributed by atoms with Crippen molar-refractivity contribution in [3.05, 3.63) is 88.0 Å². The van der Waals surface area contributed by atoms with Crippen LogP contribution in [0.3, 0.4) is 0 Å². The molecule has 1 unspecified atom stereocenters. The lowest BCUT2D eigenvalue weighted by molar-refractivity contribution is -0.384. The van der Waals surface area contributed by atoms with Crippen molar-refractivity contribution in [2.45, 2.75) is 26.5 Å². The molecule has 39 heavy (non-hydrogen) atoms. The van der Waals surface area contributed by atoms with Crippen LogP contribution < -0.4 is 0 Å². The maximum absolute atomic E-state index is 13.6. The van der Waals surface area contributed by atoms with Gasteiger partial charge in [0.05, 0.1) is 17.0 Å². The number of carbonyl (C=O) groups is 3. The van der Waals surface area contributed by atoms with Gasteiger partial charge >= 0.3 is 11.9 Å². The van der Waals surface area contributed by atoms with Gasteiger partial charge in [0.1, 0.15) is 12.6 Å². The van der Waals surface area contributed by atoms with Crippen LogP contribution in [-0.2, 0) is 30.4 Å². The first-order valence-electron chi connectivity index (χ1n) is 11.9. The van der Waals surface area contributed by atoms with E-state index in [1.165, 1.54) is 26.2 Å². The van der Waals surface area contributed by atoms with E-state index >= 15 is 0 Å². The summed E-state index contributed by atoms with van der Waals surface area (Å²) in [5.74, 6) is -1.73. The monoisotopic (exact) mass is 531 g/mol. The number of esters is 1. The van der Waals surface area contributed by atoms with Gasteiger partial charge in [0, 0.05) is 53.6 Å². The van der Waals surface area contributed by atoms with E-state index in [0.29, 0.717) is 27.4 Å². The lowest BCUT2D eigenvalue weighted by Gasteiger charge is -2.13. The SMILES string of the molecule is COCC(C)OC(=O)Cn1c2ccc(C(=O)C(=NOC(C)=O)c3ccccc3)cc2c2cc([N+](=O)[O-])ccc21. The third-order valence-electron chi connectivity index (χ3n) is 5.87. The molecule has 4 rings (SSSR count). The number of hydrogen-bond donors (Lipinski definition) is 0. The minimum atomic E-state index is -0.686. The number of oxime groups is 1. The van der Waals surface area contributed by atoms with Gasteiger partial charge in [-0.3, -0.25) is 19.7 Å². The molecule has 0 spiro atoms. The summed E-state index contributed by atoms with van der Waals surface area (Å²) in [5.41, 5.74) is 1.53. The van der Waals surface area contributed by atoms with E-state index < -0.39 is 28.7 Å². The average molecular weight is 532 g/mol. The second kappa shape index (κ2) is 11.7. The molecule has 11 nitrogen and oxygen atoms in total. The molecule has 0 N–H and O–H groups in total. The quantitative estimate of drug-likeness (QED) is 0.0731. The van der Waals surface area contributed by atoms with Crippen LogP contribution in [0.1, 0.15) is 29.8 Å². The van der Waals surface area contributed by atoms with Crippen LogP contribution in [0.4, 0.5) is 5.69 Å². The standard InChI is InChI=1S/C28H25N3O8/c1-17(16-37-3)38-26(33)15-30-24-11-9-20(13-22(24)23-14-21(31(35)36)10-12-25(23)30)28(34)27(29-39-18(2)32)19-7-5-4-6-8-19/h4-14,17H,15-16H2,1-3H3. The third kappa shape index (κ3) is 5.99. The minimum absolute atomic E-state index is 0.0874. The first kappa shape index (κ1) is 27.1. The van der Waals surface area contributed by atoms with Gasteiger partial charge in [-0.05, 0) is 31.2 Å². The summed E-state index contributed by atoms with van der Waals surface area (Å²) in [6.45, 7) is 2.94. The number of non-ortho nitro benzene ring substituents is 1. The molecule has 1 aromatic heterocycles. The zero-order valence-corrected chi connectivity index (χ0v) is 21.5. The summed E-state index contributed by atoms with van der Waals surface area (Å²) >= 11 is 0. The van der Waals surface area contributed by atoms with Crippen molar-refractivity contribution in [3.8, 4) is 0 Å². The molecule has 0 aliphatic rings. The van der Waals surface area contributed by atoms with Crippen LogP contribution in [-0.4, -0.2) is 52.7 Å². The van der Waals surface area contributed by atoms with Crippen LogP contribution in [0.25, 0.3) is 21.8 Å². The highest BCUT2D eigenvalue weighted by Gasteiger charge is 2.22. The average Bonchev–Trinajstić information content (AvgIpc) is 3.21. The van der Waals surface area contributed by atoms with E-state index in [1.807, 2.05) is 0 Å². The molecular formula is C28H25N3O8. The second-order valence-corrected chi connectivity index (χ2v) is 8.75. The van der Waals surface area contributed by atoms with Gasteiger partial charge in [0.2, 0.25) is 5.78 Å². The van der Waals surface area contributed by atoms with E-state index in [1.54, 1.807) is 66.1 Å². The van der Waals surface area contributed by atoms with Crippen molar-refractivity contribution in [2.75, 3.05) is 13.7 Å². The number of hydrogen-bond acceptors (Lipinski definition) is 9. The van der Waals surface area contributed by atoms with Crippen LogP contribution >= 0.6 is 0 Å². The Morgan fingerprint density at radius 1 is 0.974 bits per heavy atom. The van der Waals surface area contributed by atoms with Crippen LogP contribution in [0.15, 0.2) is 71.9 Å². The molecule has 0 aliphatic heterocycles. The molecule has 11 heteroatoms. The van der Waals surface area contributed by atoms with Crippen LogP contribution in [0.5, 0.6) is 0 Å². The van der Waals surface area contributed by atoms with Crippen molar-refractivity contribution >= 4 is 50.9 Å². The number of nitrogens with zero attached hydrogens (tertiary/aromatic N) is 3. The number of rotatable bonds is 10. The summed E-state index contributed by atoms with van der Waals surface area (Å²) in [5, 5.41) is 16.3. The molecule has 4 aromatic rings. The van der Waals surface area contributed by atoms with Gasteiger partial charge < -0.3 is 18.9 Å². The maximum atomic E-state index is 13.6. The van der Waals surface area contributed by atoms with Crippen molar-refractivity contribution in [2.24, 2.45) is 5.16 Å². The fourth-order valence-corrected chi connectivity index (χ4v) is 4.24. The van der Waals surface area contributed by atoms with E-state index in [2.05, 4.69) is 5.16 Å². The van der Waals surface area contributed by atoms with E-state index in [4.69, 9.17) is 14.3 Å². The molecule has 0 aliphatic carbocycles. The highest BCUT2D eigenvalue weighted by atomic mass is 16.7. The Morgan fingerprint density at radius 3 is 2.28 bits per heavy atom. The predicted octanol–water partition coefficient (Wildman–Crippen LogP) is 4.43. The molecule has 0 bridgehead atoms. The topological polar surface area (TPSA) is 139 Å². The van der Waals surface area contributed by atoms with Gasteiger partial charge in [-0.2, -0.15) is 0 Å². The number of carbonyl (C=O) groups excluding carboxylic acids is 3. The number of ketones is 1. The molecule has 3 aromatic carbocycles. The normalized spacial score (nSPS) is 12.3. The Kier molecular flexibility index (Phi) is 8.11. The second-order valence-electron chi connectivity index (χ2n) is 8.75. The smallest absolute Gasteiger partial charge is 0.332 e. The Morgan fingerprint density at radius 2 is 1.64 bits per heavy atom. The van der Waals surface area contributed by atoms with Crippen molar-refractivity contribution in [1.82, 2.24) is 4.57 Å². The zero-order chi connectivity index (χ0) is 28.1. The Hall–Kier alpha value is -4.90. The maximum Gasteiger partial charge on any atom is 0.332 e. The zero-order valence-electron chi connectivity index (χ0n) is 21.5. The van der Waals surface area contributed by atoms with Gasteiger partial charge in [0.15, 0.2) is 5.71 Å². The molecule has 1 heterocycles. The number of ether oxygens (including phenoxy) is 2. The first-order valence-corrected chi connectivity index (χ1v) is 11.9. The summed E-state index contributed by atoms with van der Waals surface area (Å²) in [4.78, 5) is 53.4. The number of methoxy groups -OCH3 is 1. The summed E-state index contributed by atoms with van der Waals surface area (Å²) in [7, 11) is 1.50. The van der Waals surface area contributed by atoms with Crippen LogP contribution in [0, 0.1) is 10.1 Å². The predicted molar refractivity (Wildman–Crippen MR) is 143 cm³/mol. The fourth-order valence-electron chi connectivity index (χ4n) is 4.24. The van der Waals surface area contributed by atoms with Gasteiger partial charge in [0.25, 0.3) is 5.69 Å². The van der Waals surface area contributed by atoms with Gasteiger partial charge in [-0.25, -0.2) is 4.79 Å². The molecule has 0 fully saturated rings. The highest BCUT2D eigenvalue weighted by Crippen LogP contribution is 2.33. The number of nitro benzene ring substituents is 1. The summed E-state index contributed by atoms with van der Waals surface area (Å²) in [6.07, 6.45) is -0.464. The Bertz CT molecular complexity index is 1610. The summed E-state index contributed by atoms with van der Waals surface area (Å²) < 4.78 is 12.1. The third-order valence-corrected chi connectivity index (χ3v) is 5.87. The largest absolute Gasteiger partial charge is 0.459 e. The van der Waals surface area contributed by atoms with Gasteiger partial charge in [-0.1, -0.05) is 35.5 Å². The first-order chi connectivity index (χ1) is 18.7. The number of aromatic nitrogens is 1. The van der Waals surface area contributed by atoms with E-state index in [0.717, 1.165) is 0 Å². The molecular weight excluding hydrogens is 506 g/mol. The molecule has 0 saturated carbocycles. The van der Waals surface area contributed by atoms with Crippen molar-refractivity contribution < 1.29 is 33.6 Å². The number of nitro groups is 1. The minimum Gasteiger partial charge on any atom is -0.459 e. The van der Waals surface area contributed by atoms with E-state index in [9.17, 15) is 24.5 Å². The van der Waals surface area contributed by atoms with Crippen LogP contribution in [0.2, 0.25) is 0 Å². The molecule has 0 saturated heterocycles. The summed E-state index contributed by atoms with van der Waals surface area (Å²) in [6, 6.07) is 17.6. The molecule has 200 valence electrons. The van der Waals surface area contributed by atoms with Crippen molar-refractivity contribution in [1.29, 1.82) is 0 Å². The highest BCUT2D eigenvalue weighted by molar-refractivity contribution is 6.51. The molecule has 0 amide bonds. The van der Waals surface area contributed by atoms with E-state index in [-0.39, 0.29) is 30.1 Å². The Balaban J connectivity index is 1.83. The lowest BCUT2D eigenvalue weighted by Crippen LogP contribution is -2.22. The van der Waals surface area contributed by atoms with Crippen molar-refractivity contribution in [3.63, 3.8) is 0 Å². The number of fused-ring (bicyclic) bond motifs is 3. The number of benzene rings is 3. The molecule has 0 radical (unpaired) electrons. The lowest BCUT2D eigenvalue weighted by atomic mass is 9.99.